The van der Waals surface area contributed by atoms with Gasteiger partial charge in [-0.15, -0.1) is 0 Å². The molecule has 5 heteroatoms. The van der Waals surface area contributed by atoms with Crippen molar-refractivity contribution in [2.24, 2.45) is 5.73 Å². The van der Waals surface area contributed by atoms with Gasteiger partial charge in [-0.2, -0.15) is 0 Å². The number of anilines is 1. The molecular formula is C13H20N4O. The summed E-state index contributed by atoms with van der Waals surface area (Å²) in [5.41, 5.74) is 7.51. The van der Waals surface area contributed by atoms with Gasteiger partial charge in [-0.25, -0.2) is 0 Å². The Morgan fingerprint density at radius 3 is 3.06 bits per heavy atom. The largest absolute Gasteiger partial charge is 0.359 e. The molecule has 1 aromatic heterocycles. The summed E-state index contributed by atoms with van der Waals surface area (Å²) < 4.78 is 0. The first kappa shape index (κ1) is 12.8. The van der Waals surface area contributed by atoms with Crippen molar-refractivity contribution in [1.29, 1.82) is 0 Å². The number of aromatic nitrogens is 1. The Balaban J connectivity index is 2.23. The minimum absolute atomic E-state index is 0.0481. The molecule has 0 spiro atoms. The van der Waals surface area contributed by atoms with Gasteiger partial charge >= 0.3 is 0 Å². The van der Waals surface area contributed by atoms with Gasteiger partial charge in [0.25, 0.3) is 0 Å². The second kappa shape index (κ2) is 5.35. The molecule has 1 atom stereocenters. The minimum Gasteiger partial charge on any atom is -0.359 e. The fourth-order valence-corrected chi connectivity index (χ4v) is 2.39. The quantitative estimate of drug-likeness (QED) is 0.850. The number of rotatable bonds is 3. The standard InChI is InChI=1S/C13H20N4O/c1-16(2)13(18)12-4-3-7-17(12)11-5-6-15-10(8-11)9-14/h5-6,8,12H,3-4,7,9,14H2,1-2H3. The van der Waals surface area contributed by atoms with Crippen molar-refractivity contribution in [3.63, 3.8) is 0 Å². The molecule has 2 rings (SSSR count). The van der Waals surface area contributed by atoms with Gasteiger partial charge < -0.3 is 15.5 Å². The van der Waals surface area contributed by atoms with Crippen LogP contribution in [0.2, 0.25) is 0 Å². The number of likely N-dealkylation sites (N-methyl/N-ethyl adjacent to an activating group) is 1. The SMILES string of the molecule is CN(C)C(=O)C1CCCN1c1ccnc(CN)c1. The number of hydrogen-bond donors (Lipinski definition) is 1. The van der Waals surface area contributed by atoms with Crippen LogP contribution in [0.4, 0.5) is 5.69 Å². The van der Waals surface area contributed by atoms with Gasteiger partial charge in [0, 0.05) is 39.1 Å². The minimum atomic E-state index is -0.0481. The van der Waals surface area contributed by atoms with Gasteiger partial charge in [0.15, 0.2) is 0 Å². The molecule has 5 nitrogen and oxygen atoms in total. The van der Waals surface area contributed by atoms with E-state index in [4.69, 9.17) is 5.73 Å². The molecule has 2 N–H and O–H groups in total. The Kier molecular flexibility index (Phi) is 3.81. The maximum Gasteiger partial charge on any atom is 0.244 e. The van der Waals surface area contributed by atoms with Crippen LogP contribution >= 0.6 is 0 Å². The van der Waals surface area contributed by atoms with Gasteiger partial charge in [-0.3, -0.25) is 9.78 Å². The average Bonchev–Trinajstić information content (AvgIpc) is 2.86. The van der Waals surface area contributed by atoms with Gasteiger partial charge in [-0.05, 0) is 25.0 Å². The molecular weight excluding hydrogens is 228 g/mol. The van der Waals surface area contributed by atoms with Crippen LogP contribution in [0, 0.1) is 0 Å². The molecule has 0 aromatic carbocycles. The van der Waals surface area contributed by atoms with Crippen LogP contribution in [0.1, 0.15) is 18.5 Å². The van der Waals surface area contributed by atoms with Gasteiger partial charge in [0.2, 0.25) is 5.91 Å². The molecule has 1 saturated heterocycles. The maximum atomic E-state index is 12.1. The topological polar surface area (TPSA) is 62.5 Å². The van der Waals surface area contributed by atoms with E-state index in [1.807, 2.05) is 12.1 Å². The summed E-state index contributed by atoms with van der Waals surface area (Å²) in [5, 5.41) is 0. The first-order chi connectivity index (χ1) is 8.63. The number of nitrogens with two attached hydrogens (primary N) is 1. The van der Waals surface area contributed by atoms with Gasteiger partial charge in [0.1, 0.15) is 6.04 Å². The Bertz CT molecular complexity index is 433. The predicted octanol–water partition coefficient (Wildman–Crippen LogP) is 0.597. The van der Waals surface area contributed by atoms with Crippen molar-refractivity contribution >= 4 is 11.6 Å². The third-order valence-corrected chi connectivity index (χ3v) is 3.32. The van der Waals surface area contributed by atoms with Crippen molar-refractivity contribution in [3.05, 3.63) is 24.0 Å². The van der Waals surface area contributed by atoms with Gasteiger partial charge in [0.05, 0.1) is 5.69 Å². The first-order valence-electron chi connectivity index (χ1n) is 6.26. The van der Waals surface area contributed by atoms with E-state index in [1.54, 1.807) is 25.2 Å². The van der Waals surface area contributed by atoms with Gasteiger partial charge in [-0.1, -0.05) is 0 Å². The molecule has 1 aliphatic heterocycles. The number of amides is 1. The van der Waals surface area contributed by atoms with Crippen LogP contribution in [0.25, 0.3) is 0 Å². The highest BCUT2D eigenvalue weighted by atomic mass is 16.2. The van der Waals surface area contributed by atoms with Crippen LogP contribution < -0.4 is 10.6 Å². The van der Waals surface area contributed by atoms with Crippen LogP contribution in [0.3, 0.4) is 0 Å². The molecule has 0 aliphatic carbocycles. The molecule has 1 aromatic rings. The zero-order valence-electron chi connectivity index (χ0n) is 11.0. The van der Waals surface area contributed by atoms with E-state index in [2.05, 4.69) is 9.88 Å². The summed E-state index contributed by atoms with van der Waals surface area (Å²) in [6, 6.07) is 3.87. The number of carbonyl (C=O) groups excluding carboxylic acids is 1. The lowest BCUT2D eigenvalue weighted by molar-refractivity contribution is -0.129. The van der Waals surface area contributed by atoms with Crippen LogP contribution in [0.5, 0.6) is 0 Å². The van der Waals surface area contributed by atoms with Crippen molar-refractivity contribution in [2.75, 3.05) is 25.5 Å². The van der Waals surface area contributed by atoms with E-state index in [0.29, 0.717) is 6.54 Å². The highest BCUT2D eigenvalue weighted by Gasteiger charge is 2.31. The third kappa shape index (κ3) is 2.46. The van der Waals surface area contributed by atoms with Crippen LogP contribution in [-0.4, -0.2) is 42.5 Å². The predicted molar refractivity (Wildman–Crippen MR) is 71.2 cm³/mol. The lowest BCUT2D eigenvalue weighted by Gasteiger charge is -2.28. The molecule has 1 amide bonds. The number of hydrogen-bond acceptors (Lipinski definition) is 4. The Morgan fingerprint density at radius 1 is 1.61 bits per heavy atom. The molecule has 0 saturated carbocycles. The summed E-state index contributed by atoms with van der Waals surface area (Å²) in [4.78, 5) is 20.1. The van der Waals surface area contributed by atoms with E-state index in [0.717, 1.165) is 30.8 Å². The van der Waals surface area contributed by atoms with E-state index in [1.165, 1.54) is 0 Å². The van der Waals surface area contributed by atoms with Crippen LogP contribution in [0.15, 0.2) is 18.3 Å². The second-order valence-electron chi connectivity index (χ2n) is 4.79. The normalized spacial score (nSPS) is 19.1. The zero-order valence-corrected chi connectivity index (χ0v) is 11.0. The molecule has 98 valence electrons. The molecule has 1 aliphatic rings. The smallest absolute Gasteiger partial charge is 0.244 e. The number of carbonyl (C=O) groups is 1. The van der Waals surface area contributed by atoms with Crippen molar-refractivity contribution < 1.29 is 4.79 Å². The first-order valence-corrected chi connectivity index (χ1v) is 6.26. The fourth-order valence-electron chi connectivity index (χ4n) is 2.39. The van der Waals surface area contributed by atoms with Crippen molar-refractivity contribution in [2.45, 2.75) is 25.4 Å². The summed E-state index contributed by atoms with van der Waals surface area (Å²) in [5.74, 6) is 0.165. The average molecular weight is 248 g/mol. The van der Waals surface area contributed by atoms with Crippen molar-refractivity contribution in [3.8, 4) is 0 Å². The molecule has 1 unspecified atom stereocenters. The lowest BCUT2D eigenvalue weighted by Crippen LogP contribution is -2.42. The fraction of sp³-hybridized carbons (Fsp3) is 0.538. The molecule has 2 heterocycles. The van der Waals surface area contributed by atoms with E-state index in [-0.39, 0.29) is 11.9 Å². The Labute approximate surface area is 108 Å². The summed E-state index contributed by atoms with van der Waals surface area (Å²) in [7, 11) is 3.60. The van der Waals surface area contributed by atoms with Crippen LogP contribution in [-0.2, 0) is 11.3 Å². The highest BCUT2D eigenvalue weighted by molar-refractivity contribution is 5.85. The van der Waals surface area contributed by atoms with E-state index >= 15 is 0 Å². The summed E-state index contributed by atoms with van der Waals surface area (Å²) >= 11 is 0. The zero-order chi connectivity index (χ0) is 13.1. The number of pyridine rings is 1. The van der Waals surface area contributed by atoms with Crippen molar-refractivity contribution in [1.82, 2.24) is 9.88 Å². The Morgan fingerprint density at radius 2 is 2.39 bits per heavy atom. The third-order valence-electron chi connectivity index (χ3n) is 3.32. The molecule has 0 bridgehead atoms. The monoisotopic (exact) mass is 248 g/mol. The molecule has 18 heavy (non-hydrogen) atoms. The molecule has 1 fully saturated rings. The summed E-state index contributed by atoms with van der Waals surface area (Å²) in [6.45, 7) is 1.34. The maximum absolute atomic E-state index is 12.1. The highest BCUT2D eigenvalue weighted by Crippen LogP contribution is 2.26. The van der Waals surface area contributed by atoms with E-state index in [9.17, 15) is 4.79 Å². The lowest BCUT2D eigenvalue weighted by atomic mass is 10.2. The van der Waals surface area contributed by atoms with E-state index < -0.39 is 0 Å². The molecule has 0 radical (unpaired) electrons. The second-order valence-corrected chi connectivity index (χ2v) is 4.79. The Hall–Kier alpha value is -1.62. The number of nitrogens with zero attached hydrogens (tertiary/aromatic N) is 3. The summed E-state index contributed by atoms with van der Waals surface area (Å²) in [6.07, 6.45) is 3.72.